The highest BCUT2D eigenvalue weighted by Gasteiger charge is 2.38. The van der Waals surface area contributed by atoms with Crippen LogP contribution in [0.5, 0.6) is 0 Å². The average Bonchev–Trinajstić information content (AvgIpc) is 2.94. The van der Waals surface area contributed by atoms with E-state index < -0.39 is 6.29 Å². The number of fused-ring (bicyclic) bond motifs is 1. The standard InChI is InChI=1S/C13H13NO4.H2/c1-7-5-11(18-13(7)16)17-6-9-8-3-2-4-10(8)14-12(9)15;/h2,4-6,8,10-11H,3H2,1H3,(H,14,15);1H/b9-6+;/t8-,10-,11+;/m1./s1. The maximum atomic E-state index is 11.7. The molecule has 2 aliphatic heterocycles. The molecule has 2 heterocycles. The van der Waals surface area contributed by atoms with E-state index in [2.05, 4.69) is 5.32 Å². The topological polar surface area (TPSA) is 64.6 Å². The Balaban J connectivity index is 0.00000133. The fourth-order valence-corrected chi connectivity index (χ4v) is 2.38. The molecule has 5 heteroatoms. The minimum atomic E-state index is -0.716. The fraction of sp³-hybridized carbons (Fsp3) is 0.385. The second-order valence-corrected chi connectivity index (χ2v) is 4.60. The van der Waals surface area contributed by atoms with Gasteiger partial charge in [0.1, 0.15) is 0 Å². The van der Waals surface area contributed by atoms with E-state index in [4.69, 9.17) is 9.47 Å². The molecule has 1 aliphatic carbocycles. The number of rotatable bonds is 2. The molecular weight excluding hydrogens is 234 g/mol. The second kappa shape index (κ2) is 4.01. The van der Waals surface area contributed by atoms with Crippen molar-refractivity contribution in [3.8, 4) is 0 Å². The first kappa shape index (κ1) is 11.1. The minimum Gasteiger partial charge on any atom is -0.458 e. The third-order valence-electron chi connectivity index (χ3n) is 3.39. The van der Waals surface area contributed by atoms with Gasteiger partial charge in [0.25, 0.3) is 12.2 Å². The molecule has 1 amide bonds. The number of allylic oxidation sites excluding steroid dienone is 1. The van der Waals surface area contributed by atoms with E-state index in [-0.39, 0.29) is 25.3 Å². The number of amides is 1. The van der Waals surface area contributed by atoms with Crippen LogP contribution in [0.1, 0.15) is 14.8 Å². The van der Waals surface area contributed by atoms with Crippen molar-refractivity contribution in [2.45, 2.75) is 25.7 Å². The summed E-state index contributed by atoms with van der Waals surface area (Å²) in [6, 6.07) is 0.0794. The lowest BCUT2D eigenvalue weighted by atomic mass is 9.99. The molecule has 3 rings (SSSR count). The van der Waals surface area contributed by atoms with Crippen LogP contribution in [0.3, 0.4) is 0 Å². The van der Waals surface area contributed by atoms with Gasteiger partial charge < -0.3 is 14.8 Å². The Kier molecular flexibility index (Phi) is 2.47. The predicted molar refractivity (Wildman–Crippen MR) is 64.1 cm³/mol. The Hall–Kier alpha value is -2.04. The molecule has 1 saturated heterocycles. The summed E-state index contributed by atoms with van der Waals surface area (Å²) >= 11 is 0. The maximum absolute atomic E-state index is 11.7. The average molecular weight is 249 g/mol. The molecule has 3 atom stereocenters. The van der Waals surface area contributed by atoms with Gasteiger partial charge in [-0.15, -0.1) is 0 Å². The van der Waals surface area contributed by atoms with Crippen LogP contribution in [0.25, 0.3) is 0 Å². The van der Waals surface area contributed by atoms with Gasteiger partial charge in [0.2, 0.25) is 0 Å². The molecule has 0 bridgehead atoms. The summed E-state index contributed by atoms with van der Waals surface area (Å²) in [6.45, 7) is 1.66. The second-order valence-electron chi connectivity index (χ2n) is 4.60. The normalized spacial score (nSPS) is 35.5. The van der Waals surface area contributed by atoms with Gasteiger partial charge in [-0.1, -0.05) is 12.2 Å². The van der Waals surface area contributed by atoms with E-state index in [0.717, 1.165) is 6.42 Å². The summed E-state index contributed by atoms with van der Waals surface area (Å²) in [5, 5.41) is 2.86. The number of esters is 1. The lowest BCUT2D eigenvalue weighted by molar-refractivity contribution is -0.152. The molecule has 0 saturated carbocycles. The first-order valence-corrected chi connectivity index (χ1v) is 5.87. The summed E-state index contributed by atoms with van der Waals surface area (Å²) in [4.78, 5) is 22.9. The van der Waals surface area contributed by atoms with Crippen molar-refractivity contribution in [3.05, 3.63) is 35.6 Å². The molecule has 18 heavy (non-hydrogen) atoms. The summed E-state index contributed by atoms with van der Waals surface area (Å²) in [6.07, 6.45) is 7.16. The van der Waals surface area contributed by atoms with Crippen LogP contribution >= 0.6 is 0 Å². The van der Waals surface area contributed by atoms with Gasteiger partial charge in [-0.05, 0) is 13.3 Å². The largest absolute Gasteiger partial charge is 0.458 e. The predicted octanol–water partition coefficient (Wildman–Crippen LogP) is 1.04. The Morgan fingerprint density at radius 3 is 3.11 bits per heavy atom. The van der Waals surface area contributed by atoms with Crippen molar-refractivity contribution in [3.63, 3.8) is 0 Å². The van der Waals surface area contributed by atoms with Crippen LogP contribution in [0.15, 0.2) is 35.6 Å². The molecule has 0 aromatic carbocycles. The summed E-state index contributed by atoms with van der Waals surface area (Å²) in [5.41, 5.74) is 1.13. The lowest BCUT2D eigenvalue weighted by Crippen LogP contribution is -2.24. The van der Waals surface area contributed by atoms with Crippen LogP contribution in [0.4, 0.5) is 0 Å². The van der Waals surface area contributed by atoms with Gasteiger partial charge >= 0.3 is 5.97 Å². The third kappa shape index (κ3) is 1.72. The van der Waals surface area contributed by atoms with Gasteiger partial charge in [-0.3, -0.25) is 4.79 Å². The smallest absolute Gasteiger partial charge is 0.336 e. The molecule has 1 fully saturated rings. The van der Waals surface area contributed by atoms with Crippen LogP contribution in [0.2, 0.25) is 0 Å². The molecule has 0 aromatic heterocycles. The van der Waals surface area contributed by atoms with E-state index in [1.165, 1.54) is 6.26 Å². The summed E-state index contributed by atoms with van der Waals surface area (Å²) in [7, 11) is 0. The molecule has 0 aromatic rings. The molecule has 0 radical (unpaired) electrons. The number of carbonyl (C=O) groups excluding carboxylic acids is 2. The highest BCUT2D eigenvalue weighted by molar-refractivity contribution is 5.97. The van der Waals surface area contributed by atoms with Crippen molar-refractivity contribution in [1.29, 1.82) is 0 Å². The number of hydrogen-bond donors (Lipinski definition) is 1. The van der Waals surface area contributed by atoms with E-state index in [9.17, 15) is 9.59 Å². The number of nitrogens with one attached hydrogen (secondary N) is 1. The monoisotopic (exact) mass is 249 g/mol. The molecule has 3 aliphatic rings. The Morgan fingerprint density at radius 1 is 1.56 bits per heavy atom. The quantitative estimate of drug-likeness (QED) is 0.344. The minimum absolute atomic E-state index is 0. The maximum Gasteiger partial charge on any atom is 0.336 e. The molecule has 5 nitrogen and oxygen atoms in total. The van der Waals surface area contributed by atoms with Gasteiger partial charge in [-0.25, -0.2) is 4.79 Å². The zero-order valence-electron chi connectivity index (χ0n) is 9.88. The van der Waals surface area contributed by atoms with Gasteiger partial charge in [0, 0.05) is 19.0 Å². The van der Waals surface area contributed by atoms with Crippen molar-refractivity contribution >= 4 is 11.9 Å². The van der Waals surface area contributed by atoms with Crippen LogP contribution in [-0.4, -0.2) is 24.2 Å². The Bertz CT molecular complexity index is 509. The molecule has 0 unspecified atom stereocenters. The molecule has 0 spiro atoms. The Morgan fingerprint density at radius 2 is 2.39 bits per heavy atom. The zero-order chi connectivity index (χ0) is 12.7. The van der Waals surface area contributed by atoms with Crippen molar-refractivity contribution < 1.29 is 20.5 Å². The Labute approximate surface area is 106 Å². The van der Waals surface area contributed by atoms with Crippen LogP contribution in [0, 0.1) is 5.92 Å². The zero-order valence-corrected chi connectivity index (χ0v) is 9.88. The lowest BCUT2D eigenvalue weighted by Gasteiger charge is -2.10. The van der Waals surface area contributed by atoms with Crippen LogP contribution in [-0.2, 0) is 19.1 Å². The third-order valence-corrected chi connectivity index (χ3v) is 3.39. The molecule has 96 valence electrons. The van der Waals surface area contributed by atoms with Gasteiger partial charge in [-0.2, -0.15) is 0 Å². The van der Waals surface area contributed by atoms with Crippen LogP contribution < -0.4 is 5.32 Å². The molecular formula is C13H15NO4. The first-order chi connectivity index (χ1) is 8.65. The number of hydrogen-bond acceptors (Lipinski definition) is 4. The van der Waals surface area contributed by atoms with E-state index in [1.807, 2.05) is 12.2 Å². The van der Waals surface area contributed by atoms with Crippen molar-refractivity contribution in [2.75, 3.05) is 0 Å². The number of carbonyl (C=O) groups is 2. The summed E-state index contributed by atoms with van der Waals surface area (Å²) < 4.78 is 10.3. The molecule has 1 N–H and O–H groups in total. The van der Waals surface area contributed by atoms with Crippen molar-refractivity contribution in [1.82, 2.24) is 5.32 Å². The van der Waals surface area contributed by atoms with Gasteiger partial charge in [0.05, 0.1) is 17.9 Å². The number of cyclic esters (lactones) is 1. The highest BCUT2D eigenvalue weighted by atomic mass is 16.7. The highest BCUT2D eigenvalue weighted by Crippen LogP contribution is 2.32. The fourth-order valence-electron chi connectivity index (χ4n) is 2.38. The van der Waals surface area contributed by atoms with E-state index >= 15 is 0 Å². The van der Waals surface area contributed by atoms with Crippen molar-refractivity contribution in [2.24, 2.45) is 5.92 Å². The number of ether oxygens (including phenoxy) is 2. The first-order valence-electron chi connectivity index (χ1n) is 5.87. The van der Waals surface area contributed by atoms with E-state index in [1.54, 1.807) is 13.0 Å². The van der Waals surface area contributed by atoms with Gasteiger partial charge in [0.15, 0.2) is 0 Å². The van der Waals surface area contributed by atoms with E-state index in [0.29, 0.717) is 11.1 Å². The summed E-state index contributed by atoms with van der Waals surface area (Å²) in [5.74, 6) is -0.353. The SMILES string of the molecule is CC1=C[C@@H](O/C=C2/C(=O)N[C@@H]3C=CC[C@H]23)OC1=O.[HH].